The predicted molar refractivity (Wildman–Crippen MR) is 132 cm³/mol. The minimum absolute atomic E-state index is 0.00944. The molecule has 2 aromatic carbocycles. The minimum Gasteiger partial charge on any atom is -0.496 e. The summed E-state index contributed by atoms with van der Waals surface area (Å²) in [5.74, 6) is -0.429. The van der Waals surface area contributed by atoms with Crippen molar-refractivity contribution in [2.75, 3.05) is 30.0 Å². The van der Waals surface area contributed by atoms with Crippen molar-refractivity contribution in [2.45, 2.75) is 20.8 Å². The summed E-state index contributed by atoms with van der Waals surface area (Å²) in [5, 5.41) is 2.68. The van der Waals surface area contributed by atoms with Crippen LogP contribution in [0, 0.1) is 6.92 Å². The van der Waals surface area contributed by atoms with Gasteiger partial charge in [-0.1, -0.05) is 15.9 Å². The maximum Gasteiger partial charge on any atom is 0.270 e. The molecule has 1 heterocycles. The van der Waals surface area contributed by atoms with Gasteiger partial charge in [0, 0.05) is 34.9 Å². The molecule has 1 N–H and O–H groups in total. The lowest BCUT2D eigenvalue weighted by Gasteiger charge is -2.30. The number of thiocarbonyl (C=S) groups is 1. The molecule has 1 aliphatic heterocycles. The van der Waals surface area contributed by atoms with Gasteiger partial charge in [0.25, 0.3) is 11.8 Å². The van der Waals surface area contributed by atoms with Crippen LogP contribution in [0.2, 0.25) is 0 Å². The summed E-state index contributed by atoms with van der Waals surface area (Å²) < 4.78 is 6.43. The number of carbonyl (C=O) groups excluding carboxylic acids is 2. The number of nitrogens with one attached hydrogen (secondary N) is 1. The summed E-state index contributed by atoms with van der Waals surface area (Å²) in [5.41, 5.74) is 3.11. The molecule has 8 heteroatoms. The van der Waals surface area contributed by atoms with Crippen molar-refractivity contribution in [3.8, 4) is 5.75 Å². The highest BCUT2D eigenvalue weighted by molar-refractivity contribution is 9.10. The molecule has 1 saturated heterocycles. The van der Waals surface area contributed by atoms with E-state index in [2.05, 4.69) is 40.0 Å². The summed E-state index contributed by atoms with van der Waals surface area (Å²) in [7, 11) is 1.57. The maximum atomic E-state index is 13.3. The number of nitrogens with zero attached hydrogens (tertiary/aromatic N) is 2. The molecule has 2 amide bonds. The number of carbonyl (C=O) groups is 2. The van der Waals surface area contributed by atoms with Crippen molar-refractivity contribution in [1.29, 1.82) is 0 Å². The number of anilines is 2. The van der Waals surface area contributed by atoms with Gasteiger partial charge in [-0.05, 0) is 75.0 Å². The van der Waals surface area contributed by atoms with E-state index in [1.165, 1.54) is 4.90 Å². The molecule has 0 unspecified atom stereocenters. The molecule has 0 radical (unpaired) electrons. The number of hydrogen-bond donors (Lipinski definition) is 1. The Balaban J connectivity index is 2.04. The zero-order chi connectivity index (χ0) is 22.7. The smallest absolute Gasteiger partial charge is 0.270 e. The van der Waals surface area contributed by atoms with Crippen LogP contribution in [-0.2, 0) is 9.59 Å². The Labute approximate surface area is 196 Å². The van der Waals surface area contributed by atoms with E-state index in [4.69, 9.17) is 17.0 Å². The van der Waals surface area contributed by atoms with Crippen LogP contribution in [0.15, 0.2) is 46.4 Å². The predicted octanol–water partition coefficient (Wildman–Crippen LogP) is 4.44. The third-order valence-electron chi connectivity index (χ3n) is 5.15. The Bertz CT molecular complexity index is 1080. The quantitative estimate of drug-likeness (QED) is 0.360. The zero-order valence-corrected chi connectivity index (χ0v) is 20.3. The Hall–Kier alpha value is -2.71. The fourth-order valence-electron chi connectivity index (χ4n) is 3.51. The van der Waals surface area contributed by atoms with Gasteiger partial charge < -0.3 is 9.64 Å². The molecule has 0 spiro atoms. The Morgan fingerprint density at radius 2 is 1.87 bits per heavy atom. The van der Waals surface area contributed by atoms with E-state index in [-0.39, 0.29) is 10.7 Å². The molecule has 0 saturated carbocycles. The van der Waals surface area contributed by atoms with Crippen molar-refractivity contribution in [1.82, 2.24) is 5.32 Å². The van der Waals surface area contributed by atoms with Crippen molar-refractivity contribution in [3.63, 3.8) is 0 Å². The van der Waals surface area contributed by atoms with E-state index in [1.807, 2.05) is 37.3 Å². The average molecular weight is 502 g/mol. The van der Waals surface area contributed by atoms with Crippen LogP contribution in [0.3, 0.4) is 0 Å². The molecule has 0 atom stereocenters. The fraction of sp³-hybridized carbons (Fsp3) is 0.261. The van der Waals surface area contributed by atoms with Crippen LogP contribution in [0.25, 0.3) is 6.08 Å². The number of hydrogen-bond acceptors (Lipinski definition) is 5. The first-order valence-electron chi connectivity index (χ1n) is 9.91. The van der Waals surface area contributed by atoms with Crippen LogP contribution >= 0.6 is 28.1 Å². The summed E-state index contributed by atoms with van der Waals surface area (Å²) in [6.45, 7) is 7.77. The Morgan fingerprint density at radius 3 is 2.48 bits per heavy atom. The van der Waals surface area contributed by atoms with E-state index in [0.717, 1.165) is 28.8 Å². The van der Waals surface area contributed by atoms with Gasteiger partial charge in [-0.15, -0.1) is 0 Å². The van der Waals surface area contributed by atoms with Crippen LogP contribution in [0.4, 0.5) is 11.4 Å². The SMILES string of the molecule is CCN(CC)c1ccc(/C=C2\C(=O)NC(=S)N(c3ccc(Br)cc3C)C2=O)c(OC)c1. The zero-order valence-electron chi connectivity index (χ0n) is 17.9. The van der Waals surface area contributed by atoms with Crippen molar-refractivity contribution in [2.24, 2.45) is 0 Å². The second-order valence-corrected chi connectivity index (χ2v) is 8.29. The topological polar surface area (TPSA) is 61.9 Å². The van der Waals surface area contributed by atoms with E-state index < -0.39 is 11.8 Å². The summed E-state index contributed by atoms with van der Waals surface area (Å²) in [6, 6.07) is 11.2. The number of amides is 2. The van der Waals surface area contributed by atoms with E-state index in [9.17, 15) is 9.59 Å². The third kappa shape index (κ3) is 4.65. The molecule has 162 valence electrons. The number of halogens is 1. The number of ether oxygens (including phenoxy) is 1. The summed E-state index contributed by atoms with van der Waals surface area (Å²) in [6.07, 6.45) is 1.55. The van der Waals surface area contributed by atoms with Gasteiger partial charge in [0.05, 0.1) is 12.8 Å². The summed E-state index contributed by atoms with van der Waals surface area (Å²) >= 11 is 8.72. The highest BCUT2D eigenvalue weighted by atomic mass is 79.9. The van der Waals surface area contributed by atoms with Crippen LogP contribution < -0.4 is 19.9 Å². The Morgan fingerprint density at radius 1 is 1.16 bits per heavy atom. The van der Waals surface area contributed by atoms with Crippen LogP contribution in [0.5, 0.6) is 5.75 Å². The standard InChI is InChI=1S/C23H24BrN3O3S/c1-5-26(6-2)17-9-7-15(20(13-17)30-4)12-18-21(28)25-23(31)27(22(18)29)19-10-8-16(24)11-14(19)3/h7-13H,5-6H2,1-4H3,(H,25,28,31)/b18-12+. The lowest BCUT2D eigenvalue weighted by molar-refractivity contribution is -0.122. The van der Waals surface area contributed by atoms with Gasteiger partial charge in [-0.25, -0.2) is 0 Å². The molecular formula is C23H24BrN3O3S. The third-order valence-corrected chi connectivity index (χ3v) is 5.92. The first kappa shape index (κ1) is 23.0. The van der Waals surface area contributed by atoms with Crippen molar-refractivity contribution >= 4 is 62.5 Å². The molecule has 0 aromatic heterocycles. The Kier molecular flexibility index (Phi) is 7.12. The van der Waals surface area contributed by atoms with Gasteiger partial charge in [0.15, 0.2) is 5.11 Å². The number of rotatable bonds is 6. The number of benzene rings is 2. The largest absolute Gasteiger partial charge is 0.496 e. The molecule has 6 nitrogen and oxygen atoms in total. The first-order chi connectivity index (χ1) is 14.8. The van der Waals surface area contributed by atoms with Crippen molar-refractivity contribution in [3.05, 3.63) is 57.6 Å². The van der Waals surface area contributed by atoms with Gasteiger partial charge in [-0.3, -0.25) is 19.8 Å². The lowest BCUT2D eigenvalue weighted by atomic mass is 10.0. The van der Waals surface area contributed by atoms with Crippen LogP contribution in [0.1, 0.15) is 25.0 Å². The van der Waals surface area contributed by atoms with Gasteiger partial charge in [0.1, 0.15) is 11.3 Å². The monoisotopic (exact) mass is 501 g/mol. The molecular weight excluding hydrogens is 478 g/mol. The fourth-order valence-corrected chi connectivity index (χ4v) is 4.26. The molecule has 31 heavy (non-hydrogen) atoms. The second kappa shape index (κ2) is 9.62. The van der Waals surface area contributed by atoms with Crippen LogP contribution in [-0.4, -0.2) is 37.1 Å². The number of aryl methyl sites for hydroxylation is 1. The average Bonchev–Trinajstić information content (AvgIpc) is 2.74. The van der Waals surface area contributed by atoms with E-state index in [1.54, 1.807) is 19.3 Å². The van der Waals surface area contributed by atoms with E-state index >= 15 is 0 Å². The van der Waals surface area contributed by atoms with Gasteiger partial charge in [-0.2, -0.15) is 0 Å². The van der Waals surface area contributed by atoms with Gasteiger partial charge in [0.2, 0.25) is 0 Å². The highest BCUT2D eigenvalue weighted by Gasteiger charge is 2.35. The van der Waals surface area contributed by atoms with Gasteiger partial charge >= 0.3 is 0 Å². The highest BCUT2D eigenvalue weighted by Crippen LogP contribution is 2.31. The maximum absolute atomic E-state index is 13.3. The van der Waals surface area contributed by atoms with Crippen molar-refractivity contribution < 1.29 is 14.3 Å². The lowest BCUT2D eigenvalue weighted by Crippen LogP contribution is -2.54. The molecule has 0 aliphatic carbocycles. The number of methoxy groups -OCH3 is 1. The minimum atomic E-state index is -0.532. The molecule has 0 bridgehead atoms. The normalized spacial score (nSPS) is 15.3. The molecule has 1 fully saturated rings. The van der Waals surface area contributed by atoms with E-state index in [0.29, 0.717) is 17.0 Å². The molecule has 2 aromatic rings. The first-order valence-corrected chi connectivity index (χ1v) is 11.1. The molecule has 1 aliphatic rings. The second-order valence-electron chi connectivity index (χ2n) is 6.99. The summed E-state index contributed by atoms with van der Waals surface area (Å²) in [4.78, 5) is 29.5. The molecule has 3 rings (SSSR count).